The first-order chi connectivity index (χ1) is 11.8. The first kappa shape index (κ1) is 23.2. The molecule has 0 radical (unpaired) electrons. The van der Waals surface area contributed by atoms with Crippen LogP contribution >= 0.6 is 0 Å². The largest absolute Gasteiger partial charge is 0.463 e. The van der Waals surface area contributed by atoms with Crippen LogP contribution in [0.1, 0.15) is 116 Å². The van der Waals surface area contributed by atoms with Gasteiger partial charge in [0.25, 0.3) is 0 Å². The molecule has 0 aliphatic carbocycles. The Morgan fingerprint density at radius 2 is 1.00 bits per heavy atom. The van der Waals surface area contributed by atoms with Crippen molar-refractivity contribution in [1.29, 1.82) is 0 Å². The van der Waals surface area contributed by atoms with E-state index in [1.807, 2.05) is 0 Å². The second-order valence-electron chi connectivity index (χ2n) is 7.03. The monoisotopic (exact) mass is 338 g/mol. The number of esters is 1. The highest BCUT2D eigenvalue weighted by atomic mass is 16.5. The summed E-state index contributed by atoms with van der Waals surface area (Å²) in [6.07, 6.45) is 24.5. The summed E-state index contributed by atoms with van der Waals surface area (Å²) in [5.74, 6) is -0.300. The maximum atomic E-state index is 10.8. The lowest BCUT2D eigenvalue weighted by Crippen LogP contribution is -2.01. The van der Waals surface area contributed by atoms with Crippen molar-refractivity contribution < 1.29 is 9.53 Å². The van der Waals surface area contributed by atoms with Gasteiger partial charge < -0.3 is 4.74 Å². The van der Waals surface area contributed by atoms with Crippen molar-refractivity contribution in [2.24, 2.45) is 0 Å². The number of carbonyl (C=O) groups is 1. The summed E-state index contributed by atoms with van der Waals surface area (Å²) in [7, 11) is 0. The predicted octanol–water partition coefficient (Wildman–Crippen LogP) is 7.37. The first-order valence-corrected chi connectivity index (χ1v) is 10.6. The molecule has 2 heteroatoms. The molecular weight excluding hydrogens is 296 g/mol. The average molecular weight is 339 g/mol. The first-order valence-electron chi connectivity index (χ1n) is 10.6. The summed E-state index contributed by atoms with van der Waals surface area (Å²) in [4.78, 5) is 10.8. The molecule has 0 aliphatic heterocycles. The third kappa shape index (κ3) is 19.3. The van der Waals surface area contributed by atoms with Gasteiger partial charge in [0, 0.05) is 6.08 Å². The molecular formula is C22H42O2. The second kappa shape index (κ2) is 20.3. The zero-order valence-electron chi connectivity index (χ0n) is 16.3. The van der Waals surface area contributed by atoms with Gasteiger partial charge in [-0.25, -0.2) is 4.79 Å². The normalized spacial score (nSPS) is 10.7. The molecule has 0 N–H and O–H groups in total. The average Bonchev–Trinajstić information content (AvgIpc) is 2.60. The lowest BCUT2D eigenvalue weighted by molar-refractivity contribution is -0.137. The molecule has 24 heavy (non-hydrogen) atoms. The van der Waals surface area contributed by atoms with Crippen molar-refractivity contribution in [3.05, 3.63) is 12.7 Å². The van der Waals surface area contributed by atoms with Gasteiger partial charge in [-0.1, -0.05) is 116 Å². The van der Waals surface area contributed by atoms with E-state index in [4.69, 9.17) is 4.74 Å². The van der Waals surface area contributed by atoms with Crippen LogP contribution in [0.4, 0.5) is 0 Å². The van der Waals surface area contributed by atoms with Crippen molar-refractivity contribution in [3.63, 3.8) is 0 Å². The Labute approximate surface area is 151 Å². The van der Waals surface area contributed by atoms with Crippen LogP contribution in [0.25, 0.3) is 0 Å². The predicted molar refractivity (Wildman–Crippen MR) is 105 cm³/mol. The van der Waals surface area contributed by atoms with E-state index < -0.39 is 0 Å². The molecule has 0 rings (SSSR count). The molecule has 0 heterocycles. The second-order valence-corrected chi connectivity index (χ2v) is 7.03. The molecule has 0 saturated carbocycles. The SMILES string of the molecule is C=CC(=O)OCCCCCCCCCCCCCCCCCCC. The molecule has 2 nitrogen and oxygen atoms in total. The van der Waals surface area contributed by atoms with E-state index in [1.165, 1.54) is 109 Å². The van der Waals surface area contributed by atoms with Gasteiger partial charge >= 0.3 is 5.97 Å². The van der Waals surface area contributed by atoms with Crippen LogP contribution in [0.15, 0.2) is 12.7 Å². The van der Waals surface area contributed by atoms with Gasteiger partial charge in [0.1, 0.15) is 0 Å². The molecule has 0 unspecified atom stereocenters. The van der Waals surface area contributed by atoms with E-state index in [9.17, 15) is 4.79 Å². The fraction of sp³-hybridized carbons (Fsp3) is 0.864. The molecule has 0 aliphatic rings. The van der Waals surface area contributed by atoms with Gasteiger partial charge in [0.15, 0.2) is 0 Å². The van der Waals surface area contributed by atoms with Crippen LogP contribution in [-0.4, -0.2) is 12.6 Å². The number of unbranched alkanes of at least 4 members (excludes halogenated alkanes) is 16. The summed E-state index contributed by atoms with van der Waals surface area (Å²) in [6.45, 7) is 6.21. The fourth-order valence-electron chi connectivity index (χ4n) is 3.06. The van der Waals surface area contributed by atoms with Crippen molar-refractivity contribution in [3.8, 4) is 0 Å². The van der Waals surface area contributed by atoms with Crippen LogP contribution in [-0.2, 0) is 9.53 Å². The van der Waals surface area contributed by atoms with E-state index in [2.05, 4.69) is 13.5 Å². The van der Waals surface area contributed by atoms with Crippen LogP contribution < -0.4 is 0 Å². The van der Waals surface area contributed by atoms with Crippen molar-refractivity contribution in [2.75, 3.05) is 6.61 Å². The number of ether oxygens (including phenoxy) is 1. The molecule has 0 aromatic heterocycles. The minimum Gasteiger partial charge on any atom is -0.463 e. The zero-order valence-corrected chi connectivity index (χ0v) is 16.3. The van der Waals surface area contributed by atoms with E-state index in [-0.39, 0.29) is 5.97 Å². The summed E-state index contributed by atoms with van der Waals surface area (Å²) >= 11 is 0. The number of carbonyl (C=O) groups excluding carboxylic acids is 1. The van der Waals surface area contributed by atoms with Gasteiger partial charge in [-0.2, -0.15) is 0 Å². The van der Waals surface area contributed by atoms with Crippen LogP contribution in [0, 0.1) is 0 Å². The van der Waals surface area contributed by atoms with E-state index in [0.29, 0.717) is 6.61 Å². The molecule has 0 aromatic rings. The van der Waals surface area contributed by atoms with E-state index >= 15 is 0 Å². The van der Waals surface area contributed by atoms with E-state index in [1.54, 1.807) is 0 Å². The Morgan fingerprint density at radius 1 is 0.667 bits per heavy atom. The summed E-state index contributed by atoms with van der Waals surface area (Å²) in [5.41, 5.74) is 0. The van der Waals surface area contributed by atoms with Crippen LogP contribution in [0.5, 0.6) is 0 Å². The quantitative estimate of drug-likeness (QED) is 0.140. The van der Waals surface area contributed by atoms with Gasteiger partial charge in [0.2, 0.25) is 0 Å². The molecule has 0 fully saturated rings. The summed E-state index contributed by atoms with van der Waals surface area (Å²) < 4.78 is 4.96. The minimum absolute atomic E-state index is 0.300. The summed E-state index contributed by atoms with van der Waals surface area (Å²) in [5, 5.41) is 0. The smallest absolute Gasteiger partial charge is 0.330 e. The molecule has 0 amide bonds. The minimum atomic E-state index is -0.300. The Morgan fingerprint density at radius 3 is 1.33 bits per heavy atom. The van der Waals surface area contributed by atoms with Gasteiger partial charge in [-0.15, -0.1) is 0 Å². The van der Waals surface area contributed by atoms with Gasteiger partial charge in [-0.3, -0.25) is 0 Å². The molecule has 0 aromatic carbocycles. The molecule has 0 saturated heterocycles. The lowest BCUT2D eigenvalue weighted by atomic mass is 10.0. The van der Waals surface area contributed by atoms with Gasteiger partial charge in [0.05, 0.1) is 6.61 Å². The fourth-order valence-corrected chi connectivity index (χ4v) is 3.06. The molecule has 0 atom stereocenters. The Hall–Kier alpha value is -0.790. The maximum absolute atomic E-state index is 10.8. The molecule has 0 spiro atoms. The number of hydrogen-bond acceptors (Lipinski definition) is 2. The third-order valence-electron chi connectivity index (χ3n) is 4.66. The summed E-state index contributed by atoms with van der Waals surface area (Å²) in [6, 6.07) is 0. The van der Waals surface area contributed by atoms with Crippen molar-refractivity contribution in [1.82, 2.24) is 0 Å². The van der Waals surface area contributed by atoms with Crippen LogP contribution in [0.2, 0.25) is 0 Å². The third-order valence-corrected chi connectivity index (χ3v) is 4.66. The highest BCUT2D eigenvalue weighted by Crippen LogP contribution is 2.14. The molecule has 142 valence electrons. The molecule has 0 bridgehead atoms. The Balaban J connectivity index is 3.00. The Kier molecular flexibility index (Phi) is 19.6. The zero-order chi connectivity index (χ0) is 17.7. The van der Waals surface area contributed by atoms with Gasteiger partial charge in [-0.05, 0) is 6.42 Å². The lowest BCUT2D eigenvalue weighted by Gasteiger charge is -2.04. The standard InChI is InChI=1S/C22H42O2/c1-3-5-6-7-8-9-10-11-12-13-14-15-16-17-18-19-20-21-24-22(23)4-2/h4H,2-3,5-21H2,1H3. The van der Waals surface area contributed by atoms with Crippen molar-refractivity contribution >= 4 is 5.97 Å². The number of hydrogen-bond donors (Lipinski definition) is 0. The highest BCUT2D eigenvalue weighted by molar-refractivity contribution is 5.81. The van der Waals surface area contributed by atoms with Crippen LogP contribution in [0.3, 0.4) is 0 Å². The topological polar surface area (TPSA) is 26.3 Å². The highest BCUT2D eigenvalue weighted by Gasteiger charge is 1.96. The van der Waals surface area contributed by atoms with Crippen molar-refractivity contribution in [2.45, 2.75) is 116 Å². The number of rotatable bonds is 19. The Bertz CT molecular complexity index is 273. The maximum Gasteiger partial charge on any atom is 0.330 e. The van der Waals surface area contributed by atoms with E-state index in [0.717, 1.165) is 6.42 Å².